The number of ketones is 5. The zero-order chi connectivity index (χ0) is 90.8. The van der Waals surface area contributed by atoms with Crippen molar-refractivity contribution < 1.29 is 41.5 Å². The summed E-state index contributed by atoms with van der Waals surface area (Å²) in [6.07, 6.45) is 2.01. The van der Waals surface area contributed by atoms with Crippen molar-refractivity contribution in [1.29, 1.82) is 5.26 Å². The number of anilines is 5. The molecule has 5 aliphatic heterocycles. The van der Waals surface area contributed by atoms with E-state index in [9.17, 15) is 41.5 Å². The summed E-state index contributed by atoms with van der Waals surface area (Å²) in [5.74, 6) is 2.71. The van der Waals surface area contributed by atoms with Crippen molar-refractivity contribution >= 4 is 81.0 Å². The molecular formula is C99H99ClF4N18O5. The van der Waals surface area contributed by atoms with Crippen LogP contribution in [0.1, 0.15) is 258 Å². The van der Waals surface area contributed by atoms with Crippen molar-refractivity contribution in [3.63, 3.8) is 0 Å². The van der Waals surface area contributed by atoms with Gasteiger partial charge in [-0.05, 0) is 158 Å². The Hall–Kier alpha value is -13.3. The maximum Gasteiger partial charge on any atom is 0.416 e. The SMILES string of the molecule is Cc1[nH]nc2c1C(c1ccc(C#N)cc1)C1=C(CC(C)(C)CC1=O)N2.Cc1[nH]nc2c1C(c1ccc(C(F)(F)F)cc1)C1=C(CC(C)(C)CC1=O)N2.Cc1[nH]nc2c1C(c1ccc(F)cc1Cl)C1=C(CC(C)(C)CC1=O)N2.[C-]#[N+]c1cccc(C2C3=C(CC(C)(C)CC3=O)Nc3n[nH]c(C)c32)c1.[C-]#[N+]c1ccccc1C1C2=C(CC(C)(C)CC2=O)Nc2n[nH]c(C)c21. The molecule has 5 aromatic heterocycles. The number of allylic oxidation sites excluding steroid dienone is 10. The van der Waals surface area contributed by atoms with E-state index in [0.717, 1.165) is 185 Å². The molecule has 28 heteroatoms. The fourth-order valence-corrected chi connectivity index (χ4v) is 20.6. The monoisotopic (exact) mass is 1730 g/mol. The average Bonchev–Trinajstić information content (AvgIpc) is 1.73. The number of carbonyl (C=O) groups excluding carboxylic acids is 5. The van der Waals surface area contributed by atoms with Crippen molar-refractivity contribution in [3.05, 3.63) is 301 Å². The Kier molecular flexibility index (Phi) is 22.4. The fraction of sp³-hybridized carbons (Fsp3) is 0.364. The van der Waals surface area contributed by atoms with E-state index in [1.165, 1.54) is 24.3 Å². The molecule has 10 aliphatic rings. The first-order valence-corrected chi connectivity index (χ1v) is 42.9. The van der Waals surface area contributed by atoms with E-state index in [-0.39, 0.29) is 79.7 Å². The highest BCUT2D eigenvalue weighted by molar-refractivity contribution is 6.31. The van der Waals surface area contributed by atoms with Crippen LogP contribution in [0.4, 0.5) is 58.0 Å². The van der Waals surface area contributed by atoms with E-state index in [0.29, 0.717) is 83.3 Å². The number of halogens is 5. The molecule has 0 bridgehead atoms. The summed E-state index contributed by atoms with van der Waals surface area (Å²) in [5, 5.41) is 63.0. The van der Waals surface area contributed by atoms with E-state index in [4.69, 9.17) is 30.0 Å². The summed E-state index contributed by atoms with van der Waals surface area (Å²) in [6, 6.07) is 34.2. The first-order chi connectivity index (χ1) is 60.0. The second kappa shape index (κ2) is 32.6. The third-order valence-corrected chi connectivity index (χ3v) is 26.1. The predicted octanol–water partition coefficient (Wildman–Crippen LogP) is 22.4. The Bertz CT molecular complexity index is 6560. The summed E-state index contributed by atoms with van der Waals surface area (Å²) in [4.78, 5) is 72.3. The Morgan fingerprint density at radius 1 is 0.394 bits per heavy atom. The maximum atomic E-state index is 13.5. The van der Waals surface area contributed by atoms with E-state index < -0.39 is 23.5 Å². The fourth-order valence-electron chi connectivity index (χ4n) is 20.4. The smallest absolute Gasteiger partial charge is 0.342 e. The van der Waals surface area contributed by atoms with Gasteiger partial charge < -0.3 is 26.6 Å². The first-order valence-electron chi connectivity index (χ1n) is 42.5. The highest BCUT2D eigenvalue weighted by atomic mass is 35.5. The molecule has 23 nitrogen and oxygen atoms in total. The summed E-state index contributed by atoms with van der Waals surface area (Å²) in [7, 11) is 0. The van der Waals surface area contributed by atoms with Crippen LogP contribution in [-0.2, 0) is 30.1 Å². The van der Waals surface area contributed by atoms with Crippen molar-refractivity contribution in [2.24, 2.45) is 27.1 Å². The number of hydrogen-bond donors (Lipinski definition) is 10. The van der Waals surface area contributed by atoms with Gasteiger partial charge in [0.15, 0.2) is 69.4 Å². The lowest BCUT2D eigenvalue weighted by atomic mass is 9.69. The van der Waals surface area contributed by atoms with E-state index in [1.54, 1.807) is 12.1 Å². The number of benzene rings is 5. The number of aromatic nitrogens is 10. The molecule has 0 saturated carbocycles. The molecule has 0 amide bonds. The number of carbonyl (C=O) groups is 5. The Balaban J connectivity index is 0.000000117. The van der Waals surface area contributed by atoms with Crippen LogP contribution in [-0.4, -0.2) is 79.9 Å². The summed E-state index contributed by atoms with van der Waals surface area (Å²) in [6.45, 7) is 45.5. The van der Waals surface area contributed by atoms with Gasteiger partial charge in [-0.3, -0.25) is 49.5 Å². The molecule has 0 saturated heterocycles. The van der Waals surface area contributed by atoms with Crippen molar-refractivity contribution in [2.45, 2.75) is 204 Å². The topological polar surface area (TPSA) is 321 Å². The van der Waals surface area contributed by atoms with Gasteiger partial charge in [-0.1, -0.05) is 160 Å². The van der Waals surface area contributed by atoms with Gasteiger partial charge in [0.25, 0.3) is 0 Å². The van der Waals surface area contributed by atoms with E-state index in [2.05, 4.69) is 149 Å². The number of rotatable bonds is 5. The quantitative estimate of drug-likeness (QED) is 0.0565. The highest BCUT2D eigenvalue weighted by Crippen LogP contribution is 2.57. The second-order valence-corrected chi connectivity index (χ2v) is 39.3. The van der Waals surface area contributed by atoms with Crippen molar-refractivity contribution in [1.82, 2.24) is 51.0 Å². The van der Waals surface area contributed by atoms with E-state index in [1.807, 2.05) is 115 Å². The molecule has 10 N–H and O–H groups in total. The van der Waals surface area contributed by atoms with Gasteiger partial charge in [0.2, 0.25) is 0 Å². The molecule has 0 fully saturated rings. The maximum absolute atomic E-state index is 13.5. The lowest BCUT2D eigenvalue weighted by Crippen LogP contribution is -2.33. The minimum atomic E-state index is -4.39. The molecule has 5 aromatic carbocycles. The zero-order valence-corrected chi connectivity index (χ0v) is 74.2. The van der Waals surface area contributed by atoms with Gasteiger partial charge in [-0.25, -0.2) is 14.1 Å². The normalized spacial score (nSPS) is 21.4. The molecule has 0 radical (unpaired) electrons. The van der Waals surface area contributed by atoms with Gasteiger partial charge in [-0.2, -0.15) is 43.9 Å². The lowest BCUT2D eigenvalue weighted by molar-refractivity contribution is -0.137. The molecule has 5 atom stereocenters. The number of nitrogens with one attached hydrogen (secondary N) is 10. The molecule has 0 spiro atoms. The number of fused-ring (bicyclic) bond motifs is 5. The number of aromatic amines is 5. The van der Waals surface area contributed by atoms with E-state index >= 15 is 0 Å². The lowest BCUT2D eigenvalue weighted by Gasteiger charge is -2.38. The number of aryl methyl sites for hydroxylation is 5. The van der Waals surface area contributed by atoms with Gasteiger partial charge in [-0.15, -0.1) is 0 Å². The van der Waals surface area contributed by atoms with Crippen molar-refractivity contribution in [3.8, 4) is 6.07 Å². The van der Waals surface area contributed by atoms with Crippen LogP contribution in [0.3, 0.4) is 0 Å². The minimum absolute atomic E-state index is 0.0323. The van der Waals surface area contributed by atoms with Crippen LogP contribution >= 0.6 is 11.6 Å². The molecule has 650 valence electrons. The van der Waals surface area contributed by atoms with Crippen LogP contribution in [0.2, 0.25) is 5.02 Å². The van der Waals surface area contributed by atoms with Crippen LogP contribution in [0.15, 0.2) is 172 Å². The molecule has 127 heavy (non-hydrogen) atoms. The molecule has 5 unspecified atom stereocenters. The number of nitrogens with zero attached hydrogens (tertiary/aromatic N) is 8. The Morgan fingerprint density at radius 2 is 0.717 bits per heavy atom. The van der Waals surface area contributed by atoms with Crippen LogP contribution < -0.4 is 26.6 Å². The number of nitriles is 1. The number of hydrogen-bond acceptors (Lipinski definition) is 16. The summed E-state index contributed by atoms with van der Waals surface area (Å²) in [5.41, 5.74) is 22.6. The van der Waals surface area contributed by atoms with Gasteiger partial charge in [0.1, 0.15) is 5.82 Å². The standard InChI is InChI=1S/C20H20F3N3O.3C20H20N4O.C19H19ClFN3O/c1-10-15-16(11-4-6-12(7-5-11)20(21,22)23)17-13(24-18(15)26-25-10)8-19(2,3)9-14(17)27;1-11-16-17(12-6-5-7-13(8-12)21-4)18-14(22-19(16)24-23-11)9-20(2,3)10-15(18)25;1-11-16-17(12-7-5-6-8-13(12)21-4)18-14(22-19(16)24-23-11)9-20(2,3)10-15(18)25;1-11-16-17(13-6-4-12(10-21)5-7-13)18-14(22-19(16)24-23-11)8-20(2,3)9-15(18)25;1-9-15-16(11-5-4-10(21)6-12(11)20)17-13(22-18(15)24-23-9)7-19(2,3)8-14(17)25/h4-7,16H,8-9H2,1-3H3,(H2,24,25,26);2*5-8,17H,9-10H2,1-3H3,(H2,22,23,24);4-7,17H,8-9H2,1-3H3,(H2,22,23,24);4-6,16H,7-8H2,1-3H3,(H2,22,23,24). The number of Topliss-reactive ketones (excluding diaryl/α,β-unsaturated/α-hetero) is 5. The average molecular weight is 1730 g/mol. The Morgan fingerprint density at radius 3 is 1.05 bits per heavy atom. The largest absolute Gasteiger partial charge is 0.416 e. The Labute approximate surface area is 738 Å². The van der Waals surface area contributed by atoms with Gasteiger partial charge in [0.05, 0.1) is 30.3 Å². The molecule has 20 rings (SSSR count). The third-order valence-electron chi connectivity index (χ3n) is 25.7. The molecule has 10 aromatic rings. The van der Waals surface area contributed by atoms with Crippen LogP contribution in [0, 0.1) is 92.0 Å². The summed E-state index contributed by atoms with van der Waals surface area (Å²) < 4.78 is 52.4. The van der Waals surface area contributed by atoms with Crippen LogP contribution in [0.5, 0.6) is 0 Å². The molecule has 5 aliphatic carbocycles. The van der Waals surface area contributed by atoms with Crippen LogP contribution in [0.25, 0.3) is 9.69 Å². The summed E-state index contributed by atoms with van der Waals surface area (Å²) >= 11 is 6.36. The van der Waals surface area contributed by atoms with Gasteiger partial charge in [0, 0.05) is 179 Å². The minimum Gasteiger partial charge on any atom is -0.342 e. The number of para-hydroxylation sites is 1. The number of alkyl halides is 3. The molecule has 10 heterocycles. The number of H-pyrrole nitrogens is 5. The zero-order valence-electron chi connectivity index (χ0n) is 73.4. The second-order valence-electron chi connectivity index (χ2n) is 38.9. The molecular weight excluding hydrogens is 1630 g/mol. The predicted molar refractivity (Wildman–Crippen MR) is 479 cm³/mol. The van der Waals surface area contributed by atoms with Gasteiger partial charge >= 0.3 is 6.18 Å². The third kappa shape index (κ3) is 16.7. The van der Waals surface area contributed by atoms with Crippen molar-refractivity contribution in [2.75, 3.05) is 26.6 Å². The first kappa shape index (κ1) is 87.2. The highest BCUT2D eigenvalue weighted by Gasteiger charge is 2.49.